The van der Waals surface area contributed by atoms with Gasteiger partial charge < -0.3 is 10.2 Å². The Labute approximate surface area is 73.4 Å². The number of carbonyl (C=O) groups excluding carboxylic acids is 1. The molecule has 0 amide bonds. The maximum atomic E-state index is 10.9. The minimum Gasteiger partial charge on any atom is -0.393 e. The molecule has 0 rings (SSSR count). The SMILES string of the molecule is CCCCCCC(=O)C(O)CO. The molecule has 0 aliphatic rings. The molecule has 0 aromatic rings. The van der Waals surface area contributed by atoms with Crippen LogP contribution in [0.1, 0.15) is 39.0 Å². The minimum absolute atomic E-state index is 0.242. The number of carbonyl (C=O) groups is 1. The van der Waals surface area contributed by atoms with Crippen molar-refractivity contribution in [3.63, 3.8) is 0 Å². The molecule has 0 aromatic heterocycles. The van der Waals surface area contributed by atoms with Crippen molar-refractivity contribution in [2.45, 2.75) is 45.1 Å². The number of unbranched alkanes of at least 4 members (excludes halogenated alkanes) is 3. The molecular weight excluding hydrogens is 156 g/mol. The van der Waals surface area contributed by atoms with Gasteiger partial charge in [0, 0.05) is 6.42 Å². The third kappa shape index (κ3) is 5.27. The lowest BCUT2D eigenvalue weighted by molar-refractivity contribution is -0.129. The molecule has 1 unspecified atom stereocenters. The minimum atomic E-state index is -1.16. The molecule has 0 aliphatic heterocycles. The molecule has 0 saturated carbocycles. The molecule has 0 bridgehead atoms. The molecule has 72 valence electrons. The second-order valence-electron chi connectivity index (χ2n) is 2.98. The topological polar surface area (TPSA) is 57.5 Å². The Morgan fingerprint density at radius 1 is 1.33 bits per heavy atom. The predicted octanol–water partition coefficient (Wildman–Crippen LogP) is 0.879. The molecule has 0 spiro atoms. The van der Waals surface area contributed by atoms with E-state index in [0.29, 0.717) is 6.42 Å². The number of Topliss-reactive ketones (excluding diaryl/α,β-unsaturated/α-hetero) is 1. The highest BCUT2D eigenvalue weighted by atomic mass is 16.3. The Kier molecular flexibility index (Phi) is 7.00. The average molecular weight is 174 g/mol. The van der Waals surface area contributed by atoms with Crippen molar-refractivity contribution in [2.24, 2.45) is 0 Å². The van der Waals surface area contributed by atoms with Crippen LogP contribution in [-0.2, 0) is 4.79 Å². The van der Waals surface area contributed by atoms with Crippen LogP contribution >= 0.6 is 0 Å². The summed E-state index contributed by atoms with van der Waals surface area (Å²) in [5.74, 6) is -0.242. The Morgan fingerprint density at radius 2 is 2.00 bits per heavy atom. The van der Waals surface area contributed by atoms with Gasteiger partial charge in [-0.25, -0.2) is 0 Å². The summed E-state index contributed by atoms with van der Waals surface area (Å²) in [4.78, 5) is 10.9. The van der Waals surface area contributed by atoms with Gasteiger partial charge in [-0.05, 0) is 6.42 Å². The first kappa shape index (κ1) is 11.6. The normalized spacial score (nSPS) is 12.9. The molecule has 0 aromatic carbocycles. The van der Waals surface area contributed by atoms with Crippen LogP contribution in [0.4, 0.5) is 0 Å². The van der Waals surface area contributed by atoms with Crippen LogP contribution in [0.2, 0.25) is 0 Å². The second-order valence-corrected chi connectivity index (χ2v) is 2.98. The number of rotatable bonds is 7. The molecule has 0 saturated heterocycles. The quantitative estimate of drug-likeness (QED) is 0.563. The standard InChI is InChI=1S/C9H18O3/c1-2-3-4-5-6-8(11)9(12)7-10/h9-10,12H,2-7H2,1H3. The van der Waals surface area contributed by atoms with Gasteiger partial charge in [0.25, 0.3) is 0 Å². The molecule has 1 atom stereocenters. The van der Waals surface area contributed by atoms with Crippen molar-refractivity contribution >= 4 is 5.78 Å². The van der Waals surface area contributed by atoms with E-state index in [0.717, 1.165) is 25.7 Å². The first-order chi connectivity index (χ1) is 5.72. The average Bonchev–Trinajstić information content (AvgIpc) is 2.10. The van der Waals surface area contributed by atoms with E-state index in [-0.39, 0.29) is 5.78 Å². The first-order valence-corrected chi connectivity index (χ1v) is 4.54. The van der Waals surface area contributed by atoms with E-state index in [1.807, 2.05) is 0 Å². The summed E-state index contributed by atoms with van der Waals surface area (Å²) in [6, 6.07) is 0. The Hall–Kier alpha value is -0.410. The smallest absolute Gasteiger partial charge is 0.163 e. The number of aliphatic hydroxyl groups is 2. The zero-order valence-electron chi connectivity index (χ0n) is 7.62. The predicted molar refractivity (Wildman–Crippen MR) is 46.9 cm³/mol. The van der Waals surface area contributed by atoms with Crippen LogP contribution in [0.25, 0.3) is 0 Å². The van der Waals surface area contributed by atoms with Gasteiger partial charge in [-0.3, -0.25) is 4.79 Å². The fraction of sp³-hybridized carbons (Fsp3) is 0.889. The van der Waals surface area contributed by atoms with Crippen molar-refractivity contribution in [2.75, 3.05) is 6.61 Å². The lowest BCUT2D eigenvalue weighted by Crippen LogP contribution is -2.23. The summed E-state index contributed by atoms with van der Waals surface area (Å²) >= 11 is 0. The maximum Gasteiger partial charge on any atom is 0.163 e. The van der Waals surface area contributed by atoms with E-state index in [1.54, 1.807) is 0 Å². The first-order valence-electron chi connectivity index (χ1n) is 4.54. The number of ketones is 1. The Balaban J connectivity index is 3.31. The van der Waals surface area contributed by atoms with Crippen LogP contribution in [-0.4, -0.2) is 28.7 Å². The highest BCUT2D eigenvalue weighted by Gasteiger charge is 2.11. The second kappa shape index (κ2) is 7.25. The fourth-order valence-corrected chi connectivity index (χ4v) is 0.994. The fourth-order valence-electron chi connectivity index (χ4n) is 0.994. The summed E-state index contributed by atoms with van der Waals surface area (Å²) in [6.45, 7) is 1.65. The molecule has 0 fully saturated rings. The van der Waals surface area contributed by atoms with E-state index >= 15 is 0 Å². The van der Waals surface area contributed by atoms with Crippen molar-refractivity contribution in [3.05, 3.63) is 0 Å². The van der Waals surface area contributed by atoms with Crippen LogP contribution in [0.15, 0.2) is 0 Å². The third-order valence-electron chi connectivity index (χ3n) is 1.82. The van der Waals surface area contributed by atoms with Gasteiger partial charge in [0.05, 0.1) is 6.61 Å². The van der Waals surface area contributed by atoms with E-state index in [2.05, 4.69) is 6.92 Å². The van der Waals surface area contributed by atoms with Crippen LogP contribution in [0.5, 0.6) is 0 Å². The maximum absolute atomic E-state index is 10.9. The van der Waals surface area contributed by atoms with Gasteiger partial charge in [-0.2, -0.15) is 0 Å². The Morgan fingerprint density at radius 3 is 2.50 bits per heavy atom. The summed E-state index contributed by atoms with van der Waals surface area (Å²) in [6.07, 6.45) is 3.34. The summed E-state index contributed by atoms with van der Waals surface area (Å²) in [5, 5.41) is 17.3. The van der Waals surface area contributed by atoms with Gasteiger partial charge in [0.2, 0.25) is 0 Å². The monoisotopic (exact) mass is 174 g/mol. The number of hydrogen-bond donors (Lipinski definition) is 2. The molecule has 0 aliphatic carbocycles. The summed E-state index contributed by atoms with van der Waals surface area (Å²) < 4.78 is 0. The van der Waals surface area contributed by atoms with Crippen molar-refractivity contribution in [1.82, 2.24) is 0 Å². The number of aliphatic hydroxyl groups excluding tert-OH is 2. The highest BCUT2D eigenvalue weighted by Crippen LogP contribution is 2.04. The van der Waals surface area contributed by atoms with E-state index in [1.165, 1.54) is 0 Å². The molecule has 3 nitrogen and oxygen atoms in total. The van der Waals surface area contributed by atoms with Crippen molar-refractivity contribution < 1.29 is 15.0 Å². The lowest BCUT2D eigenvalue weighted by Gasteiger charge is -2.04. The lowest BCUT2D eigenvalue weighted by atomic mass is 10.1. The van der Waals surface area contributed by atoms with Crippen LogP contribution in [0.3, 0.4) is 0 Å². The van der Waals surface area contributed by atoms with Gasteiger partial charge in [-0.15, -0.1) is 0 Å². The van der Waals surface area contributed by atoms with E-state index in [9.17, 15) is 4.79 Å². The molecule has 3 heteroatoms. The summed E-state index contributed by atoms with van der Waals surface area (Å²) in [5.41, 5.74) is 0. The van der Waals surface area contributed by atoms with E-state index < -0.39 is 12.7 Å². The molecule has 12 heavy (non-hydrogen) atoms. The van der Waals surface area contributed by atoms with Crippen molar-refractivity contribution in [1.29, 1.82) is 0 Å². The molecule has 0 radical (unpaired) electrons. The van der Waals surface area contributed by atoms with Gasteiger partial charge in [0.1, 0.15) is 6.10 Å². The van der Waals surface area contributed by atoms with Crippen LogP contribution < -0.4 is 0 Å². The third-order valence-corrected chi connectivity index (χ3v) is 1.82. The molecular formula is C9H18O3. The van der Waals surface area contributed by atoms with Crippen LogP contribution in [0, 0.1) is 0 Å². The van der Waals surface area contributed by atoms with E-state index in [4.69, 9.17) is 10.2 Å². The Bertz CT molecular complexity index is 123. The molecule has 0 heterocycles. The molecule has 2 N–H and O–H groups in total. The van der Waals surface area contributed by atoms with Gasteiger partial charge >= 0.3 is 0 Å². The zero-order chi connectivity index (χ0) is 9.40. The largest absolute Gasteiger partial charge is 0.393 e. The van der Waals surface area contributed by atoms with Gasteiger partial charge in [-0.1, -0.05) is 26.2 Å². The van der Waals surface area contributed by atoms with Crippen molar-refractivity contribution in [3.8, 4) is 0 Å². The highest BCUT2D eigenvalue weighted by molar-refractivity contribution is 5.82. The zero-order valence-corrected chi connectivity index (χ0v) is 7.62. The number of hydrogen-bond acceptors (Lipinski definition) is 3. The van der Waals surface area contributed by atoms with Gasteiger partial charge in [0.15, 0.2) is 5.78 Å². The summed E-state index contributed by atoms with van der Waals surface area (Å²) in [7, 11) is 0.